The minimum absolute atomic E-state index is 0.491. The number of likely N-dealkylation sites (N-methyl/N-ethyl adjacent to an activating group) is 1. The van der Waals surface area contributed by atoms with Crippen molar-refractivity contribution in [1.82, 2.24) is 10.4 Å². The predicted molar refractivity (Wildman–Crippen MR) is 60.4 cm³/mol. The Labute approximate surface area is 91.0 Å². The van der Waals surface area contributed by atoms with E-state index in [9.17, 15) is 0 Å². The van der Waals surface area contributed by atoms with Crippen LogP contribution in [0.2, 0.25) is 0 Å². The minimum Gasteiger partial charge on any atom is -0.308 e. The highest BCUT2D eigenvalue weighted by atomic mass is 16.7. The van der Waals surface area contributed by atoms with Crippen molar-refractivity contribution in [2.24, 2.45) is 0 Å². The van der Waals surface area contributed by atoms with E-state index in [1.807, 2.05) is 12.1 Å². The lowest BCUT2D eigenvalue weighted by molar-refractivity contribution is -0.114. The molecule has 1 atom stereocenters. The van der Waals surface area contributed by atoms with Crippen LogP contribution in [0.1, 0.15) is 11.1 Å². The molecule has 0 aliphatic carbocycles. The van der Waals surface area contributed by atoms with Crippen LogP contribution in [0.4, 0.5) is 0 Å². The largest absolute Gasteiger partial charge is 0.308 e. The second-order valence-electron chi connectivity index (χ2n) is 4.04. The molecule has 3 nitrogen and oxygen atoms in total. The molecule has 0 spiro atoms. The molecule has 2 rings (SSSR count). The van der Waals surface area contributed by atoms with Crippen molar-refractivity contribution >= 4 is 0 Å². The summed E-state index contributed by atoms with van der Waals surface area (Å²) in [5, 5.41) is 5.39. The fourth-order valence-electron chi connectivity index (χ4n) is 2.04. The number of hydrogen-bond acceptors (Lipinski definition) is 3. The van der Waals surface area contributed by atoms with E-state index >= 15 is 0 Å². The molecule has 1 aromatic carbocycles. The van der Waals surface area contributed by atoms with Crippen LogP contribution in [0.5, 0.6) is 0 Å². The van der Waals surface area contributed by atoms with E-state index in [2.05, 4.69) is 29.6 Å². The maximum Gasteiger partial charge on any atom is 0.0575 e. The van der Waals surface area contributed by atoms with E-state index in [-0.39, 0.29) is 0 Å². The summed E-state index contributed by atoms with van der Waals surface area (Å²) in [5.74, 6) is 0. The molecule has 3 heteroatoms. The first-order valence-corrected chi connectivity index (χ1v) is 5.35. The van der Waals surface area contributed by atoms with Crippen LogP contribution in [-0.2, 0) is 17.8 Å². The number of fused-ring (bicyclic) bond motifs is 1. The summed E-state index contributed by atoms with van der Waals surface area (Å²) in [6.45, 7) is 1.89. The third kappa shape index (κ3) is 2.56. The number of hydroxylamine groups is 2. The van der Waals surface area contributed by atoms with Gasteiger partial charge >= 0.3 is 0 Å². The summed E-state index contributed by atoms with van der Waals surface area (Å²) in [6, 6.07) is 9.11. The van der Waals surface area contributed by atoms with Crippen LogP contribution in [0.25, 0.3) is 0 Å². The van der Waals surface area contributed by atoms with Gasteiger partial charge in [0.2, 0.25) is 0 Å². The number of nitrogens with one attached hydrogen (secondary N) is 1. The Bertz CT molecular complexity index is 327. The lowest BCUT2D eigenvalue weighted by atomic mass is 9.96. The molecule has 0 radical (unpaired) electrons. The molecule has 0 saturated heterocycles. The highest BCUT2D eigenvalue weighted by molar-refractivity contribution is 5.29. The van der Waals surface area contributed by atoms with Crippen molar-refractivity contribution in [3.8, 4) is 0 Å². The lowest BCUT2D eigenvalue weighted by Gasteiger charge is -2.28. The average Bonchev–Trinajstić information content (AvgIpc) is 2.29. The maximum absolute atomic E-state index is 5.13. The zero-order valence-corrected chi connectivity index (χ0v) is 9.36. The van der Waals surface area contributed by atoms with Crippen molar-refractivity contribution in [1.29, 1.82) is 0 Å². The molecule has 1 aromatic rings. The summed E-state index contributed by atoms with van der Waals surface area (Å²) in [5.41, 5.74) is 2.89. The Morgan fingerprint density at radius 3 is 2.87 bits per heavy atom. The van der Waals surface area contributed by atoms with Crippen molar-refractivity contribution < 1.29 is 4.84 Å². The Hall–Kier alpha value is -0.900. The lowest BCUT2D eigenvalue weighted by Crippen LogP contribution is -2.43. The van der Waals surface area contributed by atoms with Crippen LogP contribution >= 0.6 is 0 Å². The monoisotopic (exact) mass is 206 g/mol. The quantitative estimate of drug-likeness (QED) is 0.752. The van der Waals surface area contributed by atoms with E-state index in [0.717, 1.165) is 19.5 Å². The molecule has 0 saturated carbocycles. The van der Waals surface area contributed by atoms with Crippen LogP contribution in [0, 0.1) is 0 Å². The molecule has 15 heavy (non-hydrogen) atoms. The summed E-state index contributed by atoms with van der Waals surface area (Å²) < 4.78 is 0. The molecule has 0 aromatic heterocycles. The normalized spacial score (nSPS) is 20.3. The summed E-state index contributed by atoms with van der Waals surface area (Å²) in [6.07, 6.45) is 1.09. The standard InChI is InChI=1S/C12H18N2O/c1-14(15-2)9-12-7-10-5-3-4-6-11(10)8-13-12/h3-6,12-13H,7-9H2,1-2H3. The zero-order valence-electron chi connectivity index (χ0n) is 9.36. The van der Waals surface area contributed by atoms with E-state index < -0.39 is 0 Å². The number of benzene rings is 1. The van der Waals surface area contributed by atoms with Gasteiger partial charge in [0.25, 0.3) is 0 Å². The molecular formula is C12H18N2O. The van der Waals surface area contributed by atoms with Gasteiger partial charge < -0.3 is 10.2 Å². The molecule has 1 N–H and O–H groups in total. The molecule has 0 amide bonds. The molecule has 1 aliphatic heterocycles. The molecule has 1 heterocycles. The molecule has 82 valence electrons. The Balaban J connectivity index is 1.99. The topological polar surface area (TPSA) is 24.5 Å². The summed E-state index contributed by atoms with van der Waals surface area (Å²) >= 11 is 0. The number of hydrogen-bond donors (Lipinski definition) is 1. The van der Waals surface area contributed by atoms with Crippen LogP contribution < -0.4 is 5.32 Å². The van der Waals surface area contributed by atoms with Gasteiger partial charge in [0.1, 0.15) is 0 Å². The summed E-state index contributed by atoms with van der Waals surface area (Å²) in [4.78, 5) is 5.13. The minimum atomic E-state index is 0.491. The zero-order chi connectivity index (χ0) is 10.7. The van der Waals surface area contributed by atoms with Gasteiger partial charge in [-0.2, -0.15) is 5.06 Å². The summed E-state index contributed by atoms with van der Waals surface area (Å²) in [7, 11) is 3.67. The van der Waals surface area contributed by atoms with Gasteiger partial charge in [-0.25, -0.2) is 0 Å². The molecule has 1 aliphatic rings. The van der Waals surface area contributed by atoms with E-state index in [1.54, 1.807) is 7.11 Å². The number of rotatable bonds is 3. The van der Waals surface area contributed by atoms with Gasteiger partial charge in [-0.15, -0.1) is 0 Å². The number of nitrogens with zero attached hydrogens (tertiary/aromatic N) is 1. The molecular weight excluding hydrogens is 188 g/mol. The van der Waals surface area contributed by atoms with Crippen LogP contribution in [0.15, 0.2) is 24.3 Å². The average molecular weight is 206 g/mol. The highest BCUT2D eigenvalue weighted by Crippen LogP contribution is 2.16. The van der Waals surface area contributed by atoms with Crippen molar-refractivity contribution in [3.63, 3.8) is 0 Å². The van der Waals surface area contributed by atoms with Gasteiger partial charge in [0, 0.05) is 26.2 Å². The first-order chi connectivity index (χ1) is 7.29. The van der Waals surface area contributed by atoms with Gasteiger partial charge in [-0.05, 0) is 17.5 Å². The SMILES string of the molecule is CON(C)CC1Cc2ccccc2CN1. The second-order valence-corrected chi connectivity index (χ2v) is 4.04. The van der Waals surface area contributed by atoms with Crippen molar-refractivity contribution in [2.45, 2.75) is 19.0 Å². The smallest absolute Gasteiger partial charge is 0.0575 e. The first kappa shape index (κ1) is 10.6. The highest BCUT2D eigenvalue weighted by Gasteiger charge is 2.18. The van der Waals surface area contributed by atoms with Gasteiger partial charge in [-0.3, -0.25) is 0 Å². The third-order valence-electron chi connectivity index (χ3n) is 2.96. The maximum atomic E-state index is 5.13. The fourth-order valence-corrected chi connectivity index (χ4v) is 2.04. The van der Waals surface area contributed by atoms with Crippen molar-refractivity contribution in [3.05, 3.63) is 35.4 Å². The fraction of sp³-hybridized carbons (Fsp3) is 0.500. The first-order valence-electron chi connectivity index (χ1n) is 5.35. The third-order valence-corrected chi connectivity index (χ3v) is 2.96. The van der Waals surface area contributed by atoms with Crippen LogP contribution in [-0.4, -0.2) is 31.8 Å². The predicted octanol–water partition coefficient (Wildman–Crippen LogP) is 1.19. The van der Waals surface area contributed by atoms with Gasteiger partial charge in [0.05, 0.1) is 7.11 Å². The van der Waals surface area contributed by atoms with Gasteiger partial charge in [0.15, 0.2) is 0 Å². The molecule has 1 unspecified atom stereocenters. The van der Waals surface area contributed by atoms with Gasteiger partial charge in [-0.1, -0.05) is 24.3 Å². The molecule has 0 fully saturated rings. The van der Waals surface area contributed by atoms with Crippen molar-refractivity contribution in [2.75, 3.05) is 20.7 Å². The van der Waals surface area contributed by atoms with E-state index in [0.29, 0.717) is 6.04 Å². The van der Waals surface area contributed by atoms with E-state index in [1.165, 1.54) is 11.1 Å². The Morgan fingerprint density at radius 2 is 2.13 bits per heavy atom. The molecule has 0 bridgehead atoms. The van der Waals surface area contributed by atoms with E-state index in [4.69, 9.17) is 4.84 Å². The Kier molecular flexibility index (Phi) is 3.36. The van der Waals surface area contributed by atoms with Crippen LogP contribution in [0.3, 0.4) is 0 Å². The Morgan fingerprint density at radius 1 is 1.40 bits per heavy atom. The second kappa shape index (κ2) is 4.75.